The maximum absolute atomic E-state index is 4.84. The normalized spacial score (nSPS) is 11.3. The number of aromatic nitrogens is 7. The summed E-state index contributed by atoms with van der Waals surface area (Å²) >= 11 is 0. The fourth-order valence-corrected chi connectivity index (χ4v) is 3.67. The number of fused-ring (bicyclic) bond motifs is 2. The Bertz CT molecular complexity index is 1480. The Balaban J connectivity index is 1.52. The molecule has 0 spiro atoms. The summed E-state index contributed by atoms with van der Waals surface area (Å²) in [5.74, 6) is 0.692. The highest BCUT2D eigenvalue weighted by atomic mass is 15.1. The average Bonchev–Trinajstić information content (AvgIpc) is 3.43. The van der Waals surface area contributed by atoms with Gasteiger partial charge >= 0.3 is 0 Å². The van der Waals surface area contributed by atoms with Crippen molar-refractivity contribution in [2.45, 2.75) is 0 Å². The molecule has 7 heteroatoms. The molecule has 0 aliphatic carbocycles. The Labute approximate surface area is 170 Å². The lowest BCUT2D eigenvalue weighted by Gasteiger charge is -2.01. The molecule has 0 amide bonds. The van der Waals surface area contributed by atoms with Gasteiger partial charge in [0, 0.05) is 47.5 Å². The molecule has 5 heterocycles. The zero-order valence-corrected chi connectivity index (χ0v) is 15.7. The van der Waals surface area contributed by atoms with Gasteiger partial charge in [0.2, 0.25) is 0 Å². The van der Waals surface area contributed by atoms with E-state index in [1.54, 1.807) is 24.8 Å². The van der Waals surface area contributed by atoms with Gasteiger partial charge in [0.15, 0.2) is 5.82 Å². The van der Waals surface area contributed by atoms with Crippen LogP contribution < -0.4 is 0 Å². The summed E-state index contributed by atoms with van der Waals surface area (Å²) in [5.41, 5.74) is 7.25. The van der Waals surface area contributed by atoms with E-state index in [4.69, 9.17) is 4.98 Å². The zero-order chi connectivity index (χ0) is 19.9. The molecular formula is C23H15N7. The zero-order valence-electron chi connectivity index (χ0n) is 15.7. The van der Waals surface area contributed by atoms with Crippen molar-refractivity contribution < 1.29 is 0 Å². The molecule has 0 unspecified atom stereocenters. The summed E-state index contributed by atoms with van der Waals surface area (Å²) < 4.78 is 0. The van der Waals surface area contributed by atoms with Crippen molar-refractivity contribution in [3.05, 3.63) is 79.5 Å². The number of rotatable bonds is 3. The van der Waals surface area contributed by atoms with Crippen LogP contribution in [-0.4, -0.2) is 35.1 Å². The Kier molecular flexibility index (Phi) is 3.64. The molecular weight excluding hydrogens is 374 g/mol. The van der Waals surface area contributed by atoms with E-state index in [1.165, 1.54) is 0 Å². The molecule has 6 aromatic rings. The van der Waals surface area contributed by atoms with Gasteiger partial charge in [0.05, 0.1) is 16.7 Å². The number of pyridine rings is 3. The SMILES string of the molecule is c1cncc(-c2ccc3[nH]nc(-c4nc5c(-c6cccnc6)nccc5[nH]4)c3c2)c1. The van der Waals surface area contributed by atoms with E-state index in [2.05, 4.69) is 42.3 Å². The molecule has 0 saturated carbocycles. The molecule has 0 atom stereocenters. The van der Waals surface area contributed by atoms with Crippen molar-refractivity contribution >= 4 is 21.9 Å². The molecule has 30 heavy (non-hydrogen) atoms. The van der Waals surface area contributed by atoms with E-state index < -0.39 is 0 Å². The van der Waals surface area contributed by atoms with Crippen LogP contribution in [0.4, 0.5) is 0 Å². The third-order valence-electron chi connectivity index (χ3n) is 5.12. The van der Waals surface area contributed by atoms with Crippen molar-refractivity contribution in [2.75, 3.05) is 0 Å². The minimum Gasteiger partial charge on any atom is -0.336 e. The largest absolute Gasteiger partial charge is 0.336 e. The number of imidazole rings is 1. The Morgan fingerprint density at radius 2 is 1.53 bits per heavy atom. The topological polar surface area (TPSA) is 96.0 Å². The highest BCUT2D eigenvalue weighted by Crippen LogP contribution is 2.32. The average molecular weight is 389 g/mol. The van der Waals surface area contributed by atoms with Crippen LogP contribution in [0.25, 0.3) is 55.8 Å². The van der Waals surface area contributed by atoms with Gasteiger partial charge in [0.25, 0.3) is 0 Å². The quantitative estimate of drug-likeness (QED) is 0.460. The molecule has 5 aromatic heterocycles. The number of hydrogen-bond donors (Lipinski definition) is 2. The maximum Gasteiger partial charge on any atom is 0.159 e. The summed E-state index contributed by atoms with van der Waals surface area (Å²) in [7, 11) is 0. The van der Waals surface area contributed by atoms with Crippen molar-refractivity contribution in [2.24, 2.45) is 0 Å². The first-order valence-corrected chi connectivity index (χ1v) is 9.51. The molecule has 142 valence electrons. The summed E-state index contributed by atoms with van der Waals surface area (Å²) in [6, 6.07) is 16.0. The van der Waals surface area contributed by atoms with Crippen LogP contribution in [0.1, 0.15) is 0 Å². The van der Waals surface area contributed by atoms with Crippen molar-refractivity contribution in [3.8, 4) is 33.9 Å². The lowest BCUT2D eigenvalue weighted by molar-refractivity contribution is 1.11. The van der Waals surface area contributed by atoms with Crippen molar-refractivity contribution in [1.82, 2.24) is 35.1 Å². The molecule has 0 aliphatic rings. The van der Waals surface area contributed by atoms with E-state index in [0.717, 1.165) is 50.0 Å². The lowest BCUT2D eigenvalue weighted by atomic mass is 10.0. The van der Waals surface area contributed by atoms with Gasteiger partial charge in [0.1, 0.15) is 11.2 Å². The molecule has 7 nitrogen and oxygen atoms in total. The molecule has 2 N–H and O–H groups in total. The first kappa shape index (κ1) is 16.6. The van der Waals surface area contributed by atoms with Gasteiger partial charge in [-0.25, -0.2) is 4.98 Å². The highest BCUT2D eigenvalue weighted by Gasteiger charge is 2.16. The second-order valence-corrected chi connectivity index (χ2v) is 6.96. The minimum absolute atomic E-state index is 0.692. The van der Waals surface area contributed by atoms with Crippen LogP contribution in [0.15, 0.2) is 79.5 Å². The number of H-pyrrole nitrogens is 2. The van der Waals surface area contributed by atoms with Gasteiger partial charge in [-0.1, -0.05) is 12.1 Å². The van der Waals surface area contributed by atoms with Crippen LogP contribution in [0, 0.1) is 0 Å². The van der Waals surface area contributed by atoms with Crippen LogP contribution in [-0.2, 0) is 0 Å². The monoisotopic (exact) mass is 389 g/mol. The van der Waals surface area contributed by atoms with Crippen LogP contribution in [0.5, 0.6) is 0 Å². The third kappa shape index (κ3) is 2.64. The van der Waals surface area contributed by atoms with E-state index in [9.17, 15) is 0 Å². The number of benzene rings is 1. The second-order valence-electron chi connectivity index (χ2n) is 6.96. The fourth-order valence-electron chi connectivity index (χ4n) is 3.67. The predicted octanol–water partition coefficient (Wildman–Crippen LogP) is 4.63. The van der Waals surface area contributed by atoms with E-state index in [1.807, 2.05) is 42.6 Å². The van der Waals surface area contributed by atoms with Gasteiger partial charge in [-0.3, -0.25) is 20.1 Å². The summed E-state index contributed by atoms with van der Waals surface area (Å²) in [5, 5.41) is 8.63. The van der Waals surface area contributed by atoms with Crippen LogP contribution in [0.2, 0.25) is 0 Å². The first-order valence-electron chi connectivity index (χ1n) is 9.51. The Morgan fingerprint density at radius 3 is 2.33 bits per heavy atom. The standard InChI is InChI=1S/C23H15N7/c1-3-15(12-24-8-1)14-5-6-18-17(11-14)21(30-29-18)23-27-19-7-10-26-20(22(19)28-23)16-4-2-9-25-13-16/h1-13H,(H,27,28)(H,29,30). The molecule has 0 aliphatic heterocycles. The Morgan fingerprint density at radius 1 is 0.700 bits per heavy atom. The summed E-state index contributed by atoms with van der Waals surface area (Å²) in [4.78, 5) is 21.2. The van der Waals surface area contributed by atoms with Gasteiger partial charge in [-0.2, -0.15) is 5.10 Å². The van der Waals surface area contributed by atoms with Gasteiger partial charge in [-0.05, 0) is 42.0 Å². The predicted molar refractivity (Wildman–Crippen MR) is 115 cm³/mol. The first-order chi connectivity index (χ1) is 14.9. The smallest absolute Gasteiger partial charge is 0.159 e. The molecule has 0 fully saturated rings. The molecule has 0 bridgehead atoms. The number of hydrogen-bond acceptors (Lipinski definition) is 5. The number of nitrogens with zero attached hydrogens (tertiary/aromatic N) is 5. The van der Waals surface area contributed by atoms with Crippen LogP contribution in [0.3, 0.4) is 0 Å². The Hall–Kier alpha value is -4.39. The molecule has 0 radical (unpaired) electrons. The molecule has 1 aromatic carbocycles. The number of aromatic amines is 2. The van der Waals surface area contributed by atoms with Crippen LogP contribution >= 0.6 is 0 Å². The van der Waals surface area contributed by atoms with Crippen molar-refractivity contribution in [3.63, 3.8) is 0 Å². The fraction of sp³-hybridized carbons (Fsp3) is 0. The lowest BCUT2D eigenvalue weighted by Crippen LogP contribution is -1.86. The van der Waals surface area contributed by atoms with E-state index in [-0.39, 0.29) is 0 Å². The van der Waals surface area contributed by atoms with E-state index >= 15 is 0 Å². The third-order valence-corrected chi connectivity index (χ3v) is 5.12. The van der Waals surface area contributed by atoms with Crippen molar-refractivity contribution in [1.29, 1.82) is 0 Å². The number of nitrogens with one attached hydrogen (secondary N) is 2. The van der Waals surface area contributed by atoms with Gasteiger partial charge in [-0.15, -0.1) is 0 Å². The highest BCUT2D eigenvalue weighted by molar-refractivity contribution is 5.97. The summed E-state index contributed by atoms with van der Waals surface area (Å²) in [6.45, 7) is 0. The summed E-state index contributed by atoms with van der Waals surface area (Å²) in [6.07, 6.45) is 8.94. The second kappa shape index (κ2) is 6.59. The van der Waals surface area contributed by atoms with Gasteiger partial charge < -0.3 is 4.98 Å². The maximum atomic E-state index is 4.84. The van der Waals surface area contributed by atoms with E-state index in [0.29, 0.717) is 5.82 Å². The molecule has 0 saturated heterocycles. The minimum atomic E-state index is 0.692. The molecule has 6 rings (SSSR count).